The van der Waals surface area contributed by atoms with Crippen molar-refractivity contribution in [1.82, 2.24) is 0 Å². The highest BCUT2D eigenvalue weighted by atomic mass is 16.5. The molecule has 5 nitrogen and oxygen atoms in total. The lowest BCUT2D eigenvalue weighted by molar-refractivity contribution is -0.174. The van der Waals surface area contributed by atoms with E-state index in [-0.39, 0.29) is 23.6 Å². The Balaban J connectivity index is 0.000000494. The van der Waals surface area contributed by atoms with Crippen molar-refractivity contribution in [3.63, 3.8) is 0 Å². The standard InChI is InChI=1S/C36H55NO3.C7H9N/c1-7-39-27-17-19-36(6)31-18-20-35(5)29(24(4)10-8-9-23(2)3)15-16-30(35)28(31)22-33(32(36)21-27)40-34(38)25-11-13-26(37)14-12-25;1-6-2-4-7(8)5-3-6/h7,11-14,23-24,27-33H,1,8-10,15-22,37H2,2-6H3;2-5H,8H2,1H3. The highest BCUT2D eigenvalue weighted by Crippen LogP contribution is 2.68. The van der Waals surface area contributed by atoms with Gasteiger partial charge in [0.15, 0.2) is 0 Å². The Morgan fingerprint density at radius 2 is 1.48 bits per heavy atom. The topological polar surface area (TPSA) is 87.6 Å². The largest absolute Gasteiger partial charge is 0.499 e. The van der Waals surface area contributed by atoms with Crippen molar-refractivity contribution < 1.29 is 14.3 Å². The maximum atomic E-state index is 13.4. The molecule has 0 saturated heterocycles. The van der Waals surface area contributed by atoms with Crippen LogP contribution in [0.15, 0.2) is 61.4 Å². The van der Waals surface area contributed by atoms with Crippen LogP contribution in [0.25, 0.3) is 0 Å². The van der Waals surface area contributed by atoms with Crippen molar-refractivity contribution >= 4 is 17.3 Å². The lowest BCUT2D eigenvalue weighted by atomic mass is 9.43. The van der Waals surface area contributed by atoms with Gasteiger partial charge in [0.2, 0.25) is 0 Å². The fourth-order valence-corrected chi connectivity index (χ4v) is 11.0. The van der Waals surface area contributed by atoms with Crippen LogP contribution in [-0.4, -0.2) is 18.2 Å². The van der Waals surface area contributed by atoms with Crippen molar-refractivity contribution in [2.45, 2.75) is 124 Å². The third-order valence-electron chi connectivity index (χ3n) is 13.6. The Bertz CT molecular complexity index is 1330. The summed E-state index contributed by atoms with van der Waals surface area (Å²) in [6.07, 6.45) is 15.3. The quantitative estimate of drug-likeness (QED) is 0.159. The number of carbonyl (C=O) groups excluding carboxylic acids is 1. The number of aryl methyl sites for hydroxylation is 1. The van der Waals surface area contributed by atoms with E-state index in [0.717, 1.165) is 55.0 Å². The molecule has 4 aliphatic carbocycles. The number of benzene rings is 2. The monoisotopic (exact) mass is 656 g/mol. The van der Waals surface area contributed by atoms with Gasteiger partial charge in [-0.15, -0.1) is 0 Å². The first-order valence-corrected chi connectivity index (χ1v) is 19.0. The van der Waals surface area contributed by atoms with Crippen LogP contribution in [-0.2, 0) is 9.47 Å². The van der Waals surface area contributed by atoms with E-state index in [1.54, 1.807) is 30.5 Å². The van der Waals surface area contributed by atoms with E-state index in [9.17, 15) is 4.79 Å². The molecular formula is C43H64N2O3. The summed E-state index contributed by atoms with van der Waals surface area (Å²) in [5.74, 6) is 4.61. The third-order valence-corrected chi connectivity index (χ3v) is 13.6. The van der Waals surface area contributed by atoms with Crippen LogP contribution in [0.1, 0.15) is 121 Å². The molecule has 0 aliphatic heterocycles. The summed E-state index contributed by atoms with van der Waals surface area (Å²) in [7, 11) is 0. The number of nitrogen functional groups attached to an aromatic ring is 2. The highest BCUT2D eigenvalue weighted by Gasteiger charge is 2.63. The number of hydrogen-bond acceptors (Lipinski definition) is 5. The molecule has 2 aromatic rings. The molecule has 4 N–H and O–H groups in total. The van der Waals surface area contributed by atoms with E-state index in [0.29, 0.717) is 34.4 Å². The lowest BCUT2D eigenvalue weighted by Gasteiger charge is -2.62. The van der Waals surface area contributed by atoms with Gasteiger partial charge in [-0.1, -0.05) is 78.2 Å². The fourth-order valence-electron chi connectivity index (χ4n) is 11.0. The van der Waals surface area contributed by atoms with Gasteiger partial charge in [-0.3, -0.25) is 0 Å². The third kappa shape index (κ3) is 7.76. The zero-order valence-electron chi connectivity index (χ0n) is 30.8. The molecule has 0 radical (unpaired) electrons. The van der Waals surface area contributed by atoms with Gasteiger partial charge in [-0.2, -0.15) is 0 Å². The van der Waals surface area contributed by atoms with Crippen LogP contribution < -0.4 is 11.5 Å². The van der Waals surface area contributed by atoms with Gasteiger partial charge in [-0.05, 0) is 141 Å². The Hall–Kier alpha value is -2.95. The molecule has 48 heavy (non-hydrogen) atoms. The SMILES string of the molecule is C=COC1CCC2(C)C(C1)C(OC(=O)c1ccc(N)cc1)CC1C3CCC(C(C)CCCC(C)C)C3(C)CCC12.Cc1ccc(N)cc1. The molecule has 0 bridgehead atoms. The van der Waals surface area contributed by atoms with E-state index in [2.05, 4.69) is 41.2 Å². The second kappa shape index (κ2) is 15.3. The van der Waals surface area contributed by atoms with Gasteiger partial charge in [0.1, 0.15) is 6.10 Å². The number of rotatable bonds is 9. The molecular weight excluding hydrogens is 592 g/mol. The molecule has 4 fully saturated rings. The number of ether oxygens (including phenoxy) is 2. The molecule has 0 amide bonds. The average molecular weight is 657 g/mol. The normalized spacial score (nSPS) is 34.4. The van der Waals surface area contributed by atoms with Crippen molar-refractivity contribution in [3.05, 3.63) is 72.5 Å². The van der Waals surface area contributed by atoms with Gasteiger partial charge in [-0.25, -0.2) is 4.79 Å². The smallest absolute Gasteiger partial charge is 0.338 e. The van der Waals surface area contributed by atoms with Crippen molar-refractivity contribution in [3.8, 4) is 0 Å². The van der Waals surface area contributed by atoms with E-state index >= 15 is 0 Å². The molecule has 0 heterocycles. The first-order chi connectivity index (χ1) is 22.9. The van der Waals surface area contributed by atoms with Crippen LogP contribution in [0, 0.1) is 59.2 Å². The molecule has 2 aromatic carbocycles. The Kier molecular flexibility index (Phi) is 11.6. The van der Waals surface area contributed by atoms with Crippen molar-refractivity contribution in [1.29, 1.82) is 0 Å². The predicted molar refractivity (Wildman–Crippen MR) is 199 cm³/mol. The molecule has 10 unspecified atom stereocenters. The van der Waals surface area contributed by atoms with Crippen LogP contribution >= 0.6 is 0 Å². The first kappa shape index (κ1) is 36.3. The van der Waals surface area contributed by atoms with Gasteiger partial charge >= 0.3 is 5.97 Å². The molecule has 4 aliphatic rings. The summed E-state index contributed by atoms with van der Waals surface area (Å²) in [5, 5.41) is 0. The molecule has 5 heteroatoms. The van der Waals surface area contributed by atoms with Gasteiger partial charge < -0.3 is 20.9 Å². The van der Waals surface area contributed by atoms with Crippen molar-refractivity contribution in [2.75, 3.05) is 11.5 Å². The van der Waals surface area contributed by atoms with Crippen LogP contribution in [0.5, 0.6) is 0 Å². The zero-order valence-corrected chi connectivity index (χ0v) is 30.8. The van der Waals surface area contributed by atoms with Gasteiger partial charge in [0.25, 0.3) is 0 Å². The Labute approximate surface area is 291 Å². The first-order valence-electron chi connectivity index (χ1n) is 19.0. The highest BCUT2D eigenvalue weighted by molar-refractivity contribution is 5.89. The number of anilines is 2. The lowest BCUT2D eigenvalue weighted by Crippen LogP contribution is -2.59. The summed E-state index contributed by atoms with van der Waals surface area (Å²) >= 11 is 0. The summed E-state index contributed by atoms with van der Waals surface area (Å²) in [6.45, 7) is 18.3. The maximum Gasteiger partial charge on any atom is 0.338 e. The summed E-state index contributed by atoms with van der Waals surface area (Å²) in [5.41, 5.74) is 15.2. The second-order valence-electron chi connectivity index (χ2n) is 16.9. The van der Waals surface area contributed by atoms with Gasteiger partial charge in [0, 0.05) is 17.3 Å². The summed E-state index contributed by atoms with van der Waals surface area (Å²) < 4.78 is 12.4. The molecule has 10 atom stereocenters. The van der Waals surface area contributed by atoms with E-state index < -0.39 is 0 Å². The predicted octanol–water partition coefficient (Wildman–Crippen LogP) is 10.6. The summed E-state index contributed by atoms with van der Waals surface area (Å²) in [4.78, 5) is 13.4. The number of carbonyl (C=O) groups is 1. The molecule has 0 spiro atoms. The number of hydrogen-bond donors (Lipinski definition) is 2. The number of nitrogens with two attached hydrogens (primary N) is 2. The second-order valence-corrected chi connectivity index (χ2v) is 16.9. The number of fused-ring (bicyclic) bond motifs is 5. The summed E-state index contributed by atoms with van der Waals surface area (Å²) in [6, 6.07) is 15.0. The zero-order chi connectivity index (χ0) is 34.6. The minimum atomic E-state index is -0.209. The molecule has 0 aromatic heterocycles. The minimum absolute atomic E-state index is 0.0719. The van der Waals surface area contributed by atoms with Crippen LogP contribution in [0.4, 0.5) is 11.4 Å². The molecule has 6 rings (SSSR count). The number of esters is 1. The van der Waals surface area contributed by atoms with Crippen molar-refractivity contribution in [2.24, 2.45) is 52.3 Å². The molecule has 4 saturated carbocycles. The minimum Gasteiger partial charge on any atom is -0.499 e. The average Bonchev–Trinajstić information content (AvgIpc) is 3.41. The van der Waals surface area contributed by atoms with Gasteiger partial charge in [0.05, 0.1) is 17.9 Å². The van der Waals surface area contributed by atoms with E-state index in [4.69, 9.17) is 20.9 Å². The molecule has 264 valence electrons. The van der Waals surface area contributed by atoms with Crippen LogP contribution in [0.3, 0.4) is 0 Å². The Morgan fingerprint density at radius 1 is 0.854 bits per heavy atom. The Morgan fingerprint density at radius 3 is 2.10 bits per heavy atom. The fraction of sp³-hybridized carbons (Fsp3) is 0.651. The van der Waals surface area contributed by atoms with E-state index in [1.165, 1.54) is 50.5 Å². The van der Waals surface area contributed by atoms with E-state index in [1.807, 2.05) is 31.2 Å². The van der Waals surface area contributed by atoms with Crippen LogP contribution in [0.2, 0.25) is 0 Å². The maximum absolute atomic E-state index is 13.4.